The van der Waals surface area contributed by atoms with Gasteiger partial charge in [0.25, 0.3) is 0 Å². The second-order valence-corrected chi connectivity index (χ2v) is 11.7. The van der Waals surface area contributed by atoms with Crippen LogP contribution in [-0.4, -0.2) is 9.13 Å². The van der Waals surface area contributed by atoms with Gasteiger partial charge in [-0.1, -0.05) is 78.9 Å². The summed E-state index contributed by atoms with van der Waals surface area (Å²) in [7, 11) is 0. The number of nitriles is 1. The van der Waals surface area contributed by atoms with Crippen molar-refractivity contribution in [2.24, 2.45) is 0 Å². The standard InChI is InChI=1S/C40H26F3N3/c1-24-11-9-19-33-37(24)28-14-4-7-17-31(28)45(33)35-21-26(23-44)22-36(39(35)27-13-3-6-16-30(27)40(41,42)43)46-32-18-8-5-15-29(32)38-25(2)12-10-20-34(38)46/h3-22H,1-2H3. The van der Waals surface area contributed by atoms with E-state index in [0.717, 1.165) is 60.8 Å². The van der Waals surface area contributed by atoms with Gasteiger partial charge in [0.2, 0.25) is 0 Å². The summed E-state index contributed by atoms with van der Waals surface area (Å²) < 4.78 is 48.7. The van der Waals surface area contributed by atoms with Crippen LogP contribution in [0.5, 0.6) is 0 Å². The highest BCUT2D eigenvalue weighted by molar-refractivity contribution is 6.13. The first kappa shape index (κ1) is 27.7. The van der Waals surface area contributed by atoms with Gasteiger partial charge in [0.1, 0.15) is 0 Å². The maximum absolute atomic E-state index is 14.9. The summed E-state index contributed by atoms with van der Waals surface area (Å²) in [5.74, 6) is 0. The van der Waals surface area contributed by atoms with Crippen LogP contribution in [-0.2, 0) is 6.18 Å². The number of fused-ring (bicyclic) bond motifs is 6. The molecule has 0 aliphatic rings. The minimum atomic E-state index is -4.62. The van der Waals surface area contributed by atoms with Gasteiger partial charge in [0, 0.05) is 27.1 Å². The van der Waals surface area contributed by atoms with Crippen molar-refractivity contribution in [2.75, 3.05) is 0 Å². The summed E-state index contributed by atoms with van der Waals surface area (Å²) >= 11 is 0. The average Bonchev–Trinajstić information content (AvgIpc) is 3.58. The summed E-state index contributed by atoms with van der Waals surface area (Å²) in [5, 5.41) is 14.4. The Morgan fingerprint density at radius 1 is 0.565 bits per heavy atom. The van der Waals surface area contributed by atoms with Crippen LogP contribution in [0.15, 0.2) is 121 Å². The van der Waals surface area contributed by atoms with Crippen molar-refractivity contribution >= 4 is 43.6 Å². The Labute approximate surface area is 263 Å². The number of hydrogen-bond acceptors (Lipinski definition) is 1. The van der Waals surface area contributed by atoms with Crippen LogP contribution in [0.1, 0.15) is 22.3 Å². The van der Waals surface area contributed by atoms with Gasteiger partial charge in [-0.25, -0.2) is 0 Å². The largest absolute Gasteiger partial charge is 0.417 e. The molecule has 0 radical (unpaired) electrons. The van der Waals surface area contributed by atoms with E-state index in [1.807, 2.05) is 108 Å². The molecule has 6 aromatic carbocycles. The molecule has 2 heterocycles. The Balaban J connectivity index is 1.65. The number of halogens is 3. The highest BCUT2D eigenvalue weighted by atomic mass is 19.4. The maximum atomic E-state index is 14.9. The lowest BCUT2D eigenvalue weighted by atomic mass is 9.94. The molecule has 6 heteroatoms. The van der Waals surface area contributed by atoms with Crippen LogP contribution in [0.2, 0.25) is 0 Å². The zero-order chi connectivity index (χ0) is 31.7. The van der Waals surface area contributed by atoms with Gasteiger partial charge in [-0.2, -0.15) is 18.4 Å². The SMILES string of the molecule is Cc1cccc2c1c1ccccc1n2-c1cc(C#N)cc(-n2c3ccccc3c3c(C)cccc32)c1-c1ccccc1C(F)(F)F. The van der Waals surface area contributed by atoms with Crippen molar-refractivity contribution < 1.29 is 13.2 Å². The maximum Gasteiger partial charge on any atom is 0.417 e. The lowest BCUT2D eigenvalue weighted by Gasteiger charge is -2.23. The Morgan fingerprint density at radius 3 is 1.52 bits per heavy atom. The summed E-state index contributed by atoms with van der Waals surface area (Å²) in [6.07, 6.45) is -4.62. The third-order valence-corrected chi connectivity index (χ3v) is 9.02. The van der Waals surface area contributed by atoms with Gasteiger partial charge in [-0.05, 0) is 73.0 Å². The Bertz CT molecular complexity index is 2420. The van der Waals surface area contributed by atoms with Crippen molar-refractivity contribution in [2.45, 2.75) is 20.0 Å². The molecule has 46 heavy (non-hydrogen) atoms. The van der Waals surface area contributed by atoms with E-state index in [9.17, 15) is 18.4 Å². The molecule has 0 bridgehead atoms. The van der Waals surface area contributed by atoms with Gasteiger partial charge in [0.05, 0.1) is 50.6 Å². The van der Waals surface area contributed by atoms with E-state index in [1.165, 1.54) is 12.1 Å². The lowest BCUT2D eigenvalue weighted by molar-refractivity contribution is -0.137. The molecule has 0 amide bonds. The van der Waals surface area contributed by atoms with Crippen LogP contribution in [0.25, 0.3) is 66.1 Å². The third kappa shape index (κ3) is 3.98. The Morgan fingerprint density at radius 2 is 1.02 bits per heavy atom. The van der Waals surface area contributed by atoms with Crippen LogP contribution in [0, 0.1) is 25.2 Å². The van der Waals surface area contributed by atoms with Gasteiger partial charge in [-0.3, -0.25) is 0 Å². The number of nitrogens with zero attached hydrogens (tertiary/aromatic N) is 3. The zero-order valence-electron chi connectivity index (χ0n) is 25.0. The molecule has 0 N–H and O–H groups in total. The molecule has 0 atom stereocenters. The Hall–Kier alpha value is -5.80. The highest BCUT2D eigenvalue weighted by Gasteiger charge is 2.35. The normalized spacial score (nSPS) is 12.0. The fourth-order valence-corrected chi connectivity index (χ4v) is 7.17. The van der Waals surface area contributed by atoms with Crippen molar-refractivity contribution in [3.63, 3.8) is 0 Å². The molecule has 0 saturated carbocycles. The van der Waals surface area contributed by atoms with E-state index in [2.05, 4.69) is 6.07 Å². The molecule has 222 valence electrons. The third-order valence-electron chi connectivity index (χ3n) is 9.02. The highest BCUT2D eigenvalue weighted by Crippen LogP contribution is 2.46. The topological polar surface area (TPSA) is 33.6 Å². The van der Waals surface area contributed by atoms with E-state index < -0.39 is 11.7 Å². The molecule has 0 aliphatic carbocycles. The first-order chi connectivity index (χ1) is 22.3. The molecule has 8 aromatic rings. The average molecular weight is 606 g/mol. The molecule has 2 aromatic heterocycles. The molecule has 3 nitrogen and oxygen atoms in total. The number of rotatable bonds is 3. The zero-order valence-corrected chi connectivity index (χ0v) is 25.0. The quantitative estimate of drug-likeness (QED) is 0.197. The second-order valence-electron chi connectivity index (χ2n) is 11.7. The molecule has 8 rings (SSSR count). The summed E-state index contributed by atoms with van der Waals surface area (Å²) in [4.78, 5) is 0. The van der Waals surface area contributed by atoms with E-state index in [-0.39, 0.29) is 5.56 Å². The molecular formula is C40H26F3N3. The van der Waals surface area contributed by atoms with E-state index in [0.29, 0.717) is 22.5 Å². The monoisotopic (exact) mass is 605 g/mol. The van der Waals surface area contributed by atoms with E-state index >= 15 is 0 Å². The smallest absolute Gasteiger partial charge is 0.308 e. The first-order valence-corrected chi connectivity index (χ1v) is 15.0. The number of aryl methyl sites for hydroxylation is 2. The number of hydrogen-bond donors (Lipinski definition) is 0. The van der Waals surface area contributed by atoms with Crippen molar-refractivity contribution in [3.8, 4) is 28.6 Å². The minimum Gasteiger partial charge on any atom is -0.308 e. The van der Waals surface area contributed by atoms with Crippen LogP contribution < -0.4 is 0 Å². The fourth-order valence-electron chi connectivity index (χ4n) is 7.17. The van der Waals surface area contributed by atoms with Crippen LogP contribution >= 0.6 is 0 Å². The molecule has 0 spiro atoms. The van der Waals surface area contributed by atoms with Crippen LogP contribution in [0.4, 0.5) is 13.2 Å². The van der Waals surface area contributed by atoms with Crippen molar-refractivity contribution in [3.05, 3.63) is 144 Å². The molecule has 0 fully saturated rings. The predicted molar refractivity (Wildman–Crippen MR) is 180 cm³/mol. The first-order valence-electron chi connectivity index (χ1n) is 15.0. The van der Waals surface area contributed by atoms with Gasteiger partial charge >= 0.3 is 6.18 Å². The fraction of sp³-hybridized carbons (Fsp3) is 0.0750. The summed E-state index contributed by atoms with van der Waals surface area (Å²) in [6.45, 7) is 4.08. The predicted octanol–water partition coefficient (Wildman–Crippen LogP) is 11.1. The van der Waals surface area contributed by atoms with Gasteiger partial charge in [-0.15, -0.1) is 0 Å². The number of alkyl halides is 3. The number of aromatic nitrogens is 2. The van der Waals surface area contributed by atoms with Gasteiger partial charge < -0.3 is 9.13 Å². The second kappa shape index (κ2) is 10.1. The lowest BCUT2D eigenvalue weighted by Crippen LogP contribution is -2.10. The molecule has 0 saturated heterocycles. The summed E-state index contributed by atoms with van der Waals surface area (Å²) in [5.41, 5.74) is 6.54. The minimum absolute atomic E-state index is 0.0432. The van der Waals surface area contributed by atoms with Crippen molar-refractivity contribution in [1.82, 2.24) is 9.13 Å². The molecule has 0 aliphatic heterocycles. The number of benzene rings is 6. The van der Waals surface area contributed by atoms with Crippen molar-refractivity contribution in [1.29, 1.82) is 5.26 Å². The number of para-hydroxylation sites is 2. The van der Waals surface area contributed by atoms with E-state index in [1.54, 1.807) is 18.2 Å². The summed E-state index contributed by atoms with van der Waals surface area (Å²) in [6, 6.07) is 39.3. The molecule has 0 unspecified atom stereocenters. The molecular weight excluding hydrogens is 579 g/mol. The van der Waals surface area contributed by atoms with Crippen LogP contribution in [0.3, 0.4) is 0 Å². The van der Waals surface area contributed by atoms with E-state index in [4.69, 9.17) is 0 Å². The van der Waals surface area contributed by atoms with Gasteiger partial charge in [0.15, 0.2) is 0 Å². The Kier molecular flexibility index (Phi) is 6.10.